The van der Waals surface area contributed by atoms with E-state index in [9.17, 15) is 27.2 Å². The highest BCUT2D eigenvalue weighted by molar-refractivity contribution is 5.94. The molecule has 0 unspecified atom stereocenters. The molecule has 2 amide bonds. The maximum Gasteiger partial charge on any atom is 0.405 e. The number of aliphatic hydroxyl groups excluding tert-OH is 1. The predicted molar refractivity (Wildman–Crippen MR) is 103 cm³/mol. The van der Waals surface area contributed by atoms with E-state index in [0.717, 1.165) is 0 Å². The predicted octanol–water partition coefficient (Wildman–Crippen LogP) is 1.96. The third kappa shape index (κ3) is 7.31. The van der Waals surface area contributed by atoms with E-state index < -0.39 is 31.2 Å². The molecule has 0 atom stereocenters. The lowest BCUT2D eigenvalue weighted by Gasteiger charge is -2.10. The SMILES string of the molecule is O=C(NCC(F)(F)F)c1ccc(-n2nnc(C(=O)NCCO)c2CCCCCF)cc1. The van der Waals surface area contributed by atoms with Crippen molar-refractivity contribution >= 4 is 11.8 Å². The van der Waals surface area contributed by atoms with Gasteiger partial charge in [0, 0.05) is 12.1 Å². The van der Waals surface area contributed by atoms with Gasteiger partial charge in [0.2, 0.25) is 0 Å². The molecule has 0 aliphatic carbocycles. The molecular weight excluding hydrogens is 422 g/mol. The van der Waals surface area contributed by atoms with Gasteiger partial charge in [-0.3, -0.25) is 14.0 Å². The summed E-state index contributed by atoms with van der Waals surface area (Å²) in [6.07, 6.45) is -2.58. The largest absolute Gasteiger partial charge is 0.405 e. The van der Waals surface area contributed by atoms with Crippen LogP contribution in [0.5, 0.6) is 0 Å². The molecule has 31 heavy (non-hydrogen) atoms. The highest BCUT2D eigenvalue weighted by Crippen LogP contribution is 2.18. The van der Waals surface area contributed by atoms with E-state index in [1.807, 2.05) is 0 Å². The molecule has 0 bridgehead atoms. The average molecular weight is 445 g/mol. The van der Waals surface area contributed by atoms with Crippen LogP contribution in [0.4, 0.5) is 17.6 Å². The Kier molecular flexibility index (Phi) is 8.91. The molecule has 0 spiro atoms. The molecule has 0 aliphatic heterocycles. The van der Waals surface area contributed by atoms with Gasteiger partial charge < -0.3 is 15.7 Å². The fourth-order valence-electron chi connectivity index (χ4n) is 2.76. The normalized spacial score (nSPS) is 11.4. The summed E-state index contributed by atoms with van der Waals surface area (Å²) in [4.78, 5) is 24.2. The fourth-order valence-corrected chi connectivity index (χ4v) is 2.76. The monoisotopic (exact) mass is 445 g/mol. The molecule has 8 nitrogen and oxygen atoms in total. The van der Waals surface area contributed by atoms with E-state index in [4.69, 9.17) is 5.11 Å². The molecule has 3 N–H and O–H groups in total. The van der Waals surface area contributed by atoms with Crippen LogP contribution in [0.25, 0.3) is 5.69 Å². The van der Waals surface area contributed by atoms with Crippen LogP contribution in [0.2, 0.25) is 0 Å². The van der Waals surface area contributed by atoms with E-state index in [-0.39, 0.29) is 24.4 Å². The highest BCUT2D eigenvalue weighted by Gasteiger charge is 2.28. The maximum atomic E-state index is 12.4. The zero-order chi connectivity index (χ0) is 22.9. The van der Waals surface area contributed by atoms with Crippen molar-refractivity contribution in [3.05, 3.63) is 41.2 Å². The summed E-state index contributed by atoms with van der Waals surface area (Å²) in [5.74, 6) is -1.40. The van der Waals surface area contributed by atoms with E-state index in [1.54, 1.807) is 5.32 Å². The first kappa shape index (κ1) is 24.3. The van der Waals surface area contributed by atoms with Crippen molar-refractivity contribution in [2.45, 2.75) is 31.9 Å². The number of halogens is 4. The van der Waals surface area contributed by atoms with Gasteiger partial charge in [-0.1, -0.05) is 11.6 Å². The molecule has 1 heterocycles. The van der Waals surface area contributed by atoms with Crippen LogP contribution >= 0.6 is 0 Å². The van der Waals surface area contributed by atoms with Crippen molar-refractivity contribution < 1.29 is 32.3 Å². The molecular formula is C19H23F4N5O3. The van der Waals surface area contributed by atoms with Crippen LogP contribution in [0, 0.1) is 0 Å². The van der Waals surface area contributed by atoms with Crippen LogP contribution in [0.1, 0.15) is 45.8 Å². The summed E-state index contributed by atoms with van der Waals surface area (Å²) < 4.78 is 50.5. The summed E-state index contributed by atoms with van der Waals surface area (Å²) >= 11 is 0. The molecule has 2 rings (SSSR count). The second-order valence-corrected chi connectivity index (χ2v) is 6.62. The van der Waals surface area contributed by atoms with Crippen molar-refractivity contribution in [1.82, 2.24) is 25.6 Å². The standard InChI is InChI=1S/C19H23F4N5O3/c20-9-3-1-2-4-15-16(18(31)24-10-11-29)26-27-28(15)14-7-5-13(6-8-14)17(30)25-12-19(21,22)23/h5-8,29H,1-4,9-12H2,(H,24,31)(H,25,30). The average Bonchev–Trinajstić information content (AvgIpc) is 3.17. The lowest BCUT2D eigenvalue weighted by atomic mass is 10.1. The van der Waals surface area contributed by atoms with Crippen molar-refractivity contribution in [1.29, 1.82) is 0 Å². The number of hydrogen-bond acceptors (Lipinski definition) is 5. The van der Waals surface area contributed by atoms with Crippen LogP contribution in [-0.2, 0) is 6.42 Å². The summed E-state index contributed by atoms with van der Waals surface area (Å²) in [6.45, 7) is -2.09. The van der Waals surface area contributed by atoms with Gasteiger partial charge in [-0.15, -0.1) is 5.10 Å². The number of nitrogens with one attached hydrogen (secondary N) is 2. The Morgan fingerprint density at radius 3 is 2.35 bits per heavy atom. The van der Waals surface area contributed by atoms with Gasteiger partial charge in [-0.2, -0.15) is 13.2 Å². The number of carbonyl (C=O) groups is 2. The van der Waals surface area contributed by atoms with E-state index >= 15 is 0 Å². The Hall–Kier alpha value is -3.02. The van der Waals surface area contributed by atoms with Gasteiger partial charge in [0.05, 0.1) is 24.7 Å². The van der Waals surface area contributed by atoms with Crippen LogP contribution in [0.3, 0.4) is 0 Å². The lowest BCUT2D eigenvalue weighted by Crippen LogP contribution is -2.33. The van der Waals surface area contributed by atoms with E-state index in [0.29, 0.717) is 37.1 Å². The molecule has 0 aliphatic rings. The number of amides is 2. The Bertz CT molecular complexity index is 868. The first-order chi connectivity index (χ1) is 14.8. The molecule has 2 aromatic rings. The van der Waals surface area contributed by atoms with Crippen LogP contribution in [-0.4, -0.2) is 64.5 Å². The second-order valence-electron chi connectivity index (χ2n) is 6.62. The summed E-state index contributed by atoms with van der Waals surface area (Å²) in [7, 11) is 0. The number of alkyl halides is 4. The number of aromatic nitrogens is 3. The molecule has 0 saturated heterocycles. The zero-order valence-corrected chi connectivity index (χ0v) is 16.6. The summed E-state index contributed by atoms with van der Waals surface area (Å²) in [5.41, 5.74) is 0.990. The number of nitrogens with zero attached hydrogens (tertiary/aromatic N) is 3. The van der Waals surface area contributed by atoms with Crippen molar-refractivity contribution in [2.24, 2.45) is 0 Å². The smallest absolute Gasteiger partial charge is 0.395 e. The number of rotatable bonds is 11. The third-order valence-corrected chi connectivity index (χ3v) is 4.25. The minimum absolute atomic E-state index is 0.0264. The van der Waals surface area contributed by atoms with Crippen molar-refractivity contribution in [3.8, 4) is 5.69 Å². The highest BCUT2D eigenvalue weighted by atomic mass is 19.4. The second kappa shape index (κ2) is 11.4. The molecule has 0 fully saturated rings. The van der Waals surface area contributed by atoms with Crippen LogP contribution < -0.4 is 10.6 Å². The topological polar surface area (TPSA) is 109 Å². The van der Waals surface area contributed by atoms with Crippen molar-refractivity contribution in [3.63, 3.8) is 0 Å². The minimum Gasteiger partial charge on any atom is -0.395 e. The molecule has 1 aromatic heterocycles. The molecule has 0 saturated carbocycles. The van der Waals surface area contributed by atoms with Crippen LogP contribution in [0.15, 0.2) is 24.3 Å². The number of unbranched alkanes of at least 4 members (excludes halogenated alkanes) is 2. The Morgan fingerprint density at radius 1 is 1.03 bits per heavy atom. The van der Waals surface area contributed by atoms with E-state index in [1.165, 1.54) is 28.9 Å². The van der Waals surface area contributed by atoms with E-state index in [2.05, 4.69) is 15.6 Å². The van der Waals surface area contributed by atoms with Gasteiger partial charge >= 0.3 is 6.18 Å². The molecule has 170 valence electrons. The Labute approximate surface area is 175 Å². The first-order valence-corrected chi connectivity index (χ1v) is 9.62. The van der Waals surface area contributed by atoms with Gasteiger partial charge in [0.1, 0.15) is 6.54 Å². The van der Waals surface area contributed by atoms with Crippen molar-refractivity contribution in [2.75, 3.05) is 26.4 Å². The molecule has 1 aromatic carbocycles. The number of benzene rings is 1. The minimum atomic E-state index is -4.51. The van der Waals surface area contributed by atoms with Gasteiger partial charge in [0.25, 0.3) is 11.8 Å². The fraction of sp³-hybridized carbons (Fsp3) is 0.474. The number of carbonyl (C=O) groups excluding carboxylic acids is 2. The summed E-state index contributed by atoms with van der Waals surface area (Å²) in [5, 5.41) is 21.0. The molecule has 12 heteroatoms. The first-order valence-electron chi connectivity index (χ1n) is 9.62. The number of aliphatic hydroxyl groups is 1. The maximum absolute atomic E-state index is 12.4. The van der Waals surface area contributed by atoms with Gasteiger partial charge in [-0.25, -0.2) is 4.68 Å². The third-order valence-electron chi connectivity index (χ3n) is 4.25. The van der Waals surface area contributed by atoms with Gasteiger partial charge in [0.15, 0.2) is 5.69 Å². The quantitative estimate of drug-likeness (QED) is 0.362. The number of hydrogen-bond donors (Lipinski definition) is 3. The zero-order valence-electron chi connectivity index (χ0n) is 16.6. The molecule has 0 radical (unpaired) electrons. The van der Waals surface area contributed by atoms with Gasteiger partial charge in [-0.05, 0) is 43.5 Å². The summed E-state index contributed by atoms with van der Waals surface area (Å²) in [6, 6.07) is 5.61. The Morgan fingerprint density at radius 2 is 1.74 bits per heavy atom. The lowest BCUT2D eigenvalue weighted by molar-refractivity contribution is -0.123. The Balaban J connectivity index is 2.22.